The summed E-state index contributed by atoms with van der Waals surface area (Å²) in [6.45, 7) is 3.09. The highest BCUT2D eigenvalue weighted by molar-refractivity contribution is 6.32. The number of methoxy groups -OCH3 is 1. The van der Waals surface area contributed by atoms with Gasteiger partial charge in [0.1, 0.15) is 10.9 Å². The van der Waals surface area contributed by atoms with Crippen LogP contribution in [0.25, 0.3) is 32.7 Å². The van der Waals surface area contributed by atoms with Crippen LogP contribution in [0.4, 0.5) is 5.69 Å². The Balaban J connectivity index is 1.58. The van der Waals surface area contributed by atoms with Gasteiger partial charge in [0, 0.05) is 45.5 Å². The highest BCUT2D eigenvalue weighted by atomic mass is 35.5. The number of hydrogen-bond donors (Lipinski definition) is 0. The standard InChI is InChI=1S/C25H20ClN3O/c1-3-29-23-7-5-4-6-20(23)21-14-18(8-11-24(21)29)27-15-17-12-16-13-19(30-2)9-10-22(16)28-25(17)26/h4-15H,3H2,1-2H3. The highest BCUT2D eigenvalue weighted by Crippen LogP contribution is 2.32. The number of hydrogen-bond acceptors (Lipinski definition) is 3. The van der Waals surface area contributed by atoms with Crippen LogP contribution in [-0.2, 0) is 6.54 Å². The monoisotopic (exact) mass is 413 g/mol. The Morgan fingerprint density at radius 1 is 1.00 bits per heavy atom. The van der Waals surface area contributed by atoms with Gasteiger partial charge in [0.2, 0.25) is 0 Å². The molecule has 5 aromatic rings. The summed E-state index contributed by atoms with van der Waals surface area (Å²) in [5.41, 5.74) is 4.94. The lowest BCUT2D eigenvalue weighted by molar-refractivity contribution is 0.415. The van der Waals surface area contributed by atoms with Gasteiger partial charge in [0.15, 0.2) is 0 Å². The van der Waals surface area contributed by atoms with E-state index in [4.69, 9.17) is 16.3 Å². The van der Waals surface area contributed by atoms with E-state index >= 15 is 0 Å². The molecule has 5 heteroatoms. The first-order chi connectivity index (χ1) is 14.7. The maximum atomic E-state index is 6.40. The van der Waals surface area contributed by atoms with Gasteiger partial charge in [-0.25, -0.2) is 4.98 Å². The van der Waals surface area contributed by atoms with Gasteiger partial charge in [-0.15, -0.1) is 0 Å². The fourth-order valence-corrected chi connectivity index (χ4v) is 4.17. The van der Waals surface area contributed by atoms with Crippen LogP contribution in [-0.4, -0.2) is 22.9 Å². The smallest absolute Gasteiger partial charge is 0.138 e. The fraction of sp³-hybridized carbons (Fsp3) is 0.120. The number of aryl methyl sites for hydroxylation is 1. The predicted molar refractivity (Wildman–Crippen MR) is 126 cm³/mol. The molecular formula is C25H20ClN3O. The predicted octanol–water partition coefficient (Wildman–Crippen LogP) is 6.78. The van der Waals surface area contributed by atoms with Crippen molar-refractivity contribution in [2.45, 2.75) is 13.5 Å². The van der Waals surface area contributed by atoms with Gasteiger partial charge in [-0.3, -0.25) is 4.99 Å². The van der Waals surface area contributed by atoms with Crippen LogP contribution in [0.1, 0.15) is 12.5 Å². The van der Waals surface area contributed by atoms with Gasteiger partial charge >= 0.3 is 0 Å². The Kier molecular flexibility index (Phi) is 4.64. The highest BCUT2D eigenvalue weighted by Gasteiger charge is 2.10. The molecule has 0 atom stereocenters. The fourth-order valence-electron chi connectivity index (χ4n) is 3.97. The Morgan fingerprint density at radius 3 is 2.67 bits per heavy atom. The first kappa shape index (κ1) is 18.6. The number of para-hydroxylation sites is 1. The molecule has 0 fully saturated rings. The minimum Gasteiger partial charge on any atom is -0.497 e. The Morgan fingerprint density at radius 2 is 1.83 bits per heavy atom. The molecule has 0 aliphatic carbocycles. The zero-order chi connectivity index (χ0) is 20.7. The molecule has 0 aliphatic heterocycles. The number of benzene rings is 3. The van der Waals surface area contributed by atoms with Crippen LogP contribution in [0.15, 0.2) is 71.7 Å². The summed E-state index contributed by atoms with van der Waals surface area (Å²) in [5.74, 6) is 0.785. The summed E-state index contributed by atoms with van der Waals surface area (Å²) in [6.07, 6.45) is 1.77. The summed E-state index contributed by atoms with van der Waals surface area (Å²) in [7, 11) is 1.65. The molecule has 0 radical (unpaired) electrons. The van der Waals surface area contributed by atoms with Gasteiger partial charge in [0.05, 0.1) is 18.3 Å². The Hall–Kier alpha value is -3.37. The molecule has 148 valence electrons. The van der Waals surface area contributed by atoms with Crippen molar-refractivity contribution in [3.05, 3.63) is 77.4 Å². The Bertz CT molecular complexity index is 1440. The van der Waals surface area contributed by atoms with Crippen LogP contribution < -0.4 is 4.74 Å². The minimum absolute atomic E-state index is 0.431. The molecule has 0 N–H and O–H groups in total. The molecule has 0 amide bonds. The lowest BCUT2D eigenvalue weighted by atomic mass is 10.1. The summed E-state index contributed by atoms with van der Waals surface area (Å²) in [6, 6.07) is 22.5. The molecule has 4 nitrogen and oxygen atoms in total. The van der Waals surface area contributed by atoms with E-state index in [-0.39, 0.29) is 0 Å². The van der Waals surface area contributed by atoms with Crippen molar-refractivity contribution in [1.29, 1.82) is 0 Å². The first-order valence-corrected chi connectivity index (χ1v) is 10.2. The average molecular weight is 414 g/mol. The second-order valence-electron chi connectivity index (χ2n) is 7.15. The molecule has 0 saturated carbocycles. The molecule has 0 unspecified atom stereocenters. The normalized spacial score (nSPS) is 11.8. The van der Waals surface area contributed by atoms with Crippen molar-refractivity contribution in [2.75, 3.05) is 7.11 Å². The van der Waals surface area contributed by atoms with E-state index in [1.54, 1.807) is 13.3 Å². The van der Waals surface area contributed by atoms with Gasteiger partial charge in [-0.05, 0) is 55.5 Å². The van der Waals surface area contributed by atoms with Gasteiger partial charge in [0.25, 0.3) is 0 Å². The number of fused-ring (bicyclic) bond motifs is 4. The molecule has 5 rings (SSSR count). The number of aliphatic imine (C=N–C) groups is 1. The van der Waals surface area contributed by atoms with Crippen LogP contribution in [0.5, 0.6) is 5.75 Å². The van der Waals surface area contributed by atoms with E-state index in [1.807, 2.05) is 30.3 Å². The third kappa shape index (κ3) is 3.10. The molecule has 2 aromatic heterocycles. The third-order valence-electron chi connectivity index (χ3n) is 5.43. The van der Waals surface area contributed by atoms with E-state index in [0.717, 1.165) is 34.4 Å². The third-order valence-corrected chi connectivity index (χ3v) is 5.73. The topological polar surface area (TPSA) is 39.4 Å². The molecule has 3 aromatic carbocycles. The van der Waals surface area contributed by atoms with Crippen LogP contribution >= 0.6 is 11.6 Å². The molecule has 30 heavy (non-hydrogen) atoms. The Labute approximate surface area is 179 Å². The van der Waals surface area contributed by atoms with Gasteiger partial charge in [-0.1, -0.05) is 29.8 Å². The van der Waals surface area contributed by atoms with E-state index in [0.29, 0.717) is 5.15 Å². The molecule has 2 heterocycles. The zero-order valence-electron chi connectivity index (χ0n) is 16.8. The number of halogens is 1. The number of ether oxygens (including phenoxy) is 1. The van der Waals surface area contributed by atoms with Crippen molar-refractivity contribution >= 4 is 56.2 Å². The van der Waals surface area contributed by atoms with Crippen LogP contribution in [0, 0.1) is 0 Å². The summed E-state index contributed by atoms with van der Waals surface area (Å²) in [5, 5.41) is 3.83. The zero-order valence-corrected chi connectivity index (χ0v) is 17.5. The number of nitrogens with zero attached hydrogens (tertiary/aromatic N) is 3. The minimum atomic E-state index is 0.431. The maximum Gasteiger partial charge on any atom is 0.138 e. The molecule has 0 spiro atoms. The van der Waals surface area contributed by atoms with E-state index in [1.165, 1.54) is 21.8 Å². The first-order valence-electron chi connectivity index (χ1n) is 9.87. The maximum absolute atomic E-state index is 6.40. The molecule has 0 saturated heterocycles. The molecule has 0 aliphatic rings. The lowest BCUT2D eigenvalue weighted by Crippen LogP contribution is -1.92. The van der Waals surface area contributed by atoms with Gasteiger partial charge < -0.3 is 9.30 Å². The quantitative estimate of drug-likeness (QED) is 0.241. The van der Waals surface area contributed by atoms with Crippen LogP contribution in [0.2, 0.25) is 5.15 Å². The molecular weight excluding hydrogens is 394 g/mol. The lowest BCUT2D eigenvalue weighted by Gasteiger charge is -2.05. The van der Waals surface area contributed by atoms with E-state index in [2.05, 4.69) is 57.9 Å². The SMILES string of the molecule is CCn1c2ccccc2c2cc(N=Cc3cc4cc(OC)ccc4nc3Cl)ccc21. The summed E-state index contributed by atoms with van der Waals surface area (Å²) < 4.78 is 7.64. The number of rotatable bonds is 4. The van der Waals surface area contributed by atoms with Crippen molar-refractivity contribution in [2.24, 2.45) is 4.99 Å². The van der Waals surface area contributed by atoms with Crippen molar-refractivity contribution in [1.82, 2.24) is 9.55 Å². The number of pyridine rings is 1. The van der Waals surface area contributed by atoms with E-state index in [9.17, 15) is 0 Å². The average Bonchev–Trinajstić information content (AvgIpc) is 3.10. The van der Waals surface area contributed by atoms with Gasteiger partial charge in [-0.2, -0.15) is 0 Å². The second kappa shape index (κ2) is 7.47. The van der Waals surface area contributed by atoms with Crippen molar-refractivity contribution in [3.8, 4) is 5.75 Å². The summed E-state index contributed by atoms with van der Waals surface area (Å²) >= 11 is 6.40. The van der Waals surface area contributed by atoms with E-state index < -0.39 is 0 Å². The van der Waals surface area contributed by atoms with Crippen molar-refractivity contribution in [3.63, 3.8) is 0 Å². The molecule has 0 bridgehead atoms. The largest absolute Gasteiger partial charge is 0.497 e. The number of aromatic nitrogens is 2. The second-order valence-corrected chi connectivity index (χ2v) is 7.51. The summed E-state index contributed by atoms with van der Waals surface area (Å²) in [4.78, 5) is 9.17. The van der Waals surface area contributed by atoms with Crippen LogP contribution in [0.3, 0.4) is 0 Å². The van der Waals surface area contributed by atoms with Crippen molar-refractivity contribution < 1.29 is 4.74 Å².